The zero-order valence-corrected chi connectivity index (χ0v) is 12.5. The molecule has 0 saturated carbocycles. The first-order valence-electron chi connectivity index (χ1n) is 6.57. The predicted molar refractivity (Wildman–Crippen MR) is 78.3 cm³/mol. The summed E-state index contributed by atoms with van der Waals surface area (Å²) in [6, 6.07) is 3.13. The fourth-order valence-corrected chi connectivity index (χ4v) is 4.00. The Morgan fingerprint density at radius 3 is 3.00 bits per heavy atom. The highest BCUT2D eigenvalue weighted by Crippen LogP contribution is 2.34. The van der Waals surface area contributed by atoms with Crippen LogP contribution in [0.2, 0.25) is 5.02 Å². The Morgan fingerprint density at radius 2 is 2.28 bits per heavy atom. The van der Waals surface area contributed by atoms with Crippen LogP contribution >= 0.6 is 27.5 Å². The summed E-state index contributed by atoms with van der Waals surface area (Å²) in [5.74, 6) is 1.04. The van der Waals surface area contributed by atoms with Crippen molar-refractivity contribution >= 4 is 33.3 Å². The fourth-order valence-electron chi connectivity index (χ4n) is 3.13. The van der Waals surface area contributed by atoms with Gasteiger partial charge in [0.05, 0.1) is 9.50 Å². The minimum atomic E-state index is 0.581. The lowest BCUT2D eigenvalue weighted by Gasteiger charge is -2.31. The number of nitrogens with one attached hydrogen (secondary N) is 1. The summed E-state index contributed by atoms with van der Waals surface area (Å²) >= 11 is 9.55. The quantitative estimate of drug-likeness (QED) is 0.902. The molecule has 2 saturated heterocycles. The van der Waals surface area contributed by atoms with Crippen molar-refractivity contribution in [1.82, 2.24) is 10.3 Å². The number of pyridine rings is 1. The lowest BCUT2D eigenvalue weighted by Crippen LogP contribution is -2.44. The maximum absolute atomic E-state index is 5.96. The smallest absolute Gasteiger partial charge is 0.143 e. The standard InChI is InChI=1S/C13H17BrClN3/c14-10-7-9(15)8-17-13(10)18-6-2-4-12(18)11-3-1-5-16-11/h7-8,11-12,16H,1-6H2. The van der Waals surface area contributed by atoms with Crippen LogP contribution in [0.5, 0.6) is 0 Å². The van der Waals surface area contributed by atoms with Gasteiger partial charge in [-0.1, -0.05) is 11.6 Å². The van der Waals surface area contributed by atoms with E-state index in [1.165, 1.54) is 25.7 Å². The summed E-state index contributed by atoms with van der Waals surface area (Å²) in [5.41, 5.74) is 0. The lowest BCUT2D eigenvalue weighted by atomic mass is 10.0. The number of nitrogens with zero attached hydrogens (tertiary/aromatic N) is 2. The Hall–Kier alpha value is -0.320. The minimum absolute atomic E-state index is 0.581. The maximum atomic E-state index is 5.96. The van der Waals surface area contributed by atoms with Crippen LogP contribution in [0.25, 0.3) is 0 Å². The molecule has 3 nitrogen and oxygen atoms in total. The van der Waals surface area contributed by atoms with Crippen LogP contribution in [0.15, 0.2) is 16.7 Å². The van der Waals surface area contributed by atoms with Crippen LogP contribution in [0, 0.1) is 0 Å². The van der Waals surface area contributed by atoms with Crippen molar-refractivity contribution in [3.63, 3.8) is 0 Å². The number of aromatic nitrogens is 1. The van der Waals surface area contributed by atoms with Crippen molar-refractivity contribution in [3.05, 3.63) is 21.8 Å². The average molecular weight is 331 g/mol. The van der Waals surface area contributed by atoms with Gasteiger partial charge < -0.3 is 10.2 Å². The van der Waals surface area contributed by atoms with Gasteiger partial charge in [-0.15, -0.1) is 0 Å². The highest BCUT2D eigenvalue weighted by atomic mass is 79.9. The molecule has 5 heteroatoms. The van der Waals surface area contributed by atoms with Crippen LogP contribution in [0.3, 0.4) is 0 Å². The van der Waals surface area contributed by atoms with E-state index < -0.39 is 0 Å². The predicted octanol–water partition coefficient (Wildman–Crippen LogP) is 3.22. The maximum Gasteiger partial charge on any atom is 0.143 e. The van der Waals surface area contributed by atoms with Crippen LogP contribution in [0.4, 0.5) is 5.82 Å². The van der Waals surface area contributed by atoms with Gasteiger partial charge in [-0.2, -0.15) is 0 Å². The Bertz CT molecular complexity index is 434. The molecular formula is C13H17BrClN3. The molecule has 3 heterocycles. The third-order valence-electron chi connectivity index (χ3n) is 3.92. The molecule has 0 bridgehead atoms. The van der Waals surface area contributed by atoms with Gasteiger partial charge in [-0.25, -0.2) is 4.98 Å². The molecule has 0 amide bonds. The Morgan fingerprint density at radius 1 is 1.39 bits per heavy atom. The lowest BCUT2D eigenvalue weighted by molar-refractivity contribution is 0.480. The van der Waals surface area contributed by atoms with Crippen LogP contribution in [-0.4, -0.2) is 30.2 Å². The molecule has 2 aliphatic rings. The topological polar surface area (TPSA) is 28.2 Å². The van der Waals surface area contributed by atoms with E-state index >= 15 is 0 Å². The molecule has 0 aromatic carbocycles. The fraction of sp³-hybridized carbons (Fsp3) is 0.615. The van der Waals surface area contributed by atoms with Gasteiger partial charge in [0.25, 0.3) is 0 Å². The molecule has 2 aliphatic heterocycles. The second kappa shape index (κ2) is 5.35. The van der Waals surface area contributed by atoms with E-state index in [9.17, 15) is 0 Å². The largest absolute Gasteiger partial charge is 0.351 e. The van der Waals surface area contributed by atoms with E-state index in [2.05, 4.69) is 31.1 Å². The Balaban J connectivity index is 1.85. The van der Waals surface area contributed by atoms with Crippen molar-refractivity contribution in [2.45, 2.75) is 37.8 Å². The van der Waals surface area contributed by atoms with Crippen LogP contribution in [0.1, 0.15) is 25.7 Å². The van der Waals surface area contributed by atoms with Gasteiger partial charge in [0.15, 0.2) is 0 Å². The van der Waals surface area contributed by atoms with Crippen molar-refractivity contribution < 1.29 is 0 Å². The van der Waals surface area contributed by atoms with Gasteiger partial charge in [0.1, 0.15) is 5.82 Å². The second-order valence-corrected chi connectivity index (χ2v) is 6.36. The van der Waals surface area contributed by atoms with E-state index in [1.807, 2.05) is 6.07 Å². The number of rotatable bonds is 2. The molecule has 0 spiro atoms. The Labute approximate surface area is 121 Å². The molecule has 1 N–H and O–H groups in total. The first-order chi connectivity index (χ1) is 8.75. The molecule has 18 heavy (non-hydrogen) atoms. The van der Waals surface area contributed by atoms with Crippen molar-refractivity contribution in [1.29, 1.82) is 0 Å². The summed E-state index contributed by atoms with van der Waals surface area (Å²) in [6.45, 7) is 2.25. The van der Waals surface area contributed by atoms with E-state index in [-0.39, 0.29) is 0 Å². The third kappa shape index (κ3) is 2.38. The molecule has 98 valence electrons. The van der Waals surface area contributed by atoms with Crippen molar-refractivity contribution in [2.24, 2.45) is 0 Å². The van der Waals surface area contributed by atoms with Gasteiger partial charge in [-0.3, -0.25) is 0 Å². The number of hydrogen-bond donors (Lipinski definition) is 1. The van der Waals surface area contributed by atoms with Gasteiger partial charge in [0.2, 0.25) is 0 Å². The second-order valence-electron chi connectivity index (χ2n) is 5.06. The summed E-state index contributed by atoms with van der Waals surface area (Å²) in [5, 5.41) is 4.30. The summed E-state index contributed by atoms with van der Waals surface area (Å²) in [6.07, 6.45) is 6.82. The normalized spacial score (nSPS) is 28.0. The number of anilines is 1. The molecule has 0 aliphatic carbocycles. The first kappa shape index (κ1) is 12.7. The highest BCUT2D eigenvalue weighted by molar-refractivity contribution is 9.10. The van der Waals surface area contributed by atoms with E-state index in [1.54, 1.807) is 6.20 Å². The van der Waals surface area contributed by atoms with Gasteiger partial charge in [0, 0.05) is 24.8 Å². The molecule has 2 fully saturated rings. The molecule has 3 rings (SSSR count). The van der Waals surface area contributed by atoms with Gasteiger partial charge in [-0.05, 0) is 54.2 Å². The van der Waals surface area contributed by atoms with E-state index in [0.717, 1.165) is 23.4 Å². The Kier molecular flexibility index (Phi) is 3.78. The molecule has 1 aromatic heterocycles. The van der Waals surface area contributed by atoms with Crippen LogP contribution < -0.4 is 10.2 Å². The first-order valence-corrected chi connectivity index (χ1v) is 7.74. The minimum Gasteiger partial charge on any atom is -0.351 e. The monoisotopic (exact) mass is 329 g/mol. The molecule has 1 aromatic rings. The zero-order chi connectivity index (χ0) is 12.5. The van der Waals surface area contributed by atoms with Crippen molar-refractivity contribution in [3.8, 4) is 0 Å². The summed E-state index contributed by atoms with van der Waals surface area (Å²) < 4.78 is 1.000. The summed E-state index contributed by atoms with van der Waals surface area (Å²) in [4.78, 5) is 6.93. The average Bonchev–Trinajstić information content (AvgIpc) is 2.98. The van der Waals surface area contributed by atoms with E-state index in [0.29, 0.717) is 17.1 Å². The van der Waals surface area contributed by atoms with Crippen LogP contribution in [-0.2, 0) is 0 Å². The van der Waals surface area contributed by atoms with Gasteiger partial charge >= 0.3 is 0 Å². The molecule has 0 radical (unpaired) electrons. The summed E-state index contributed by atoms with van der Waals surface area (Å²) in [7, 11) is 0. The zero-order valence-electron chi connectivity index (χ0n) is 10.2. The number of halogens is 2. The number of hydrogen-bond acceptors (Lipinski definition) is 3. The highest BCUT2D eigenvalue weighted by Gasteiger charge is 2.34. The molecular weight excluding hydrogens is 314 g/mol. The molecule has 2 atom stereocenters. The van der Waals surface area contributed by atoms with Crippen molar-refractivity contribution in [2.75, 3.05) is 18.0 Å². The molecule has 2 unspecified atom stereocenters. The third-order valence-corrected chi connectivity index (χ3v) is 4.71. The SMILES string of the molecule is Clc1cnc(N2CCCC2C2CCCN2)c(Br)c1. The van der Waals surface area contributed by atoms with E-state index in [4.69, 9.17) is 11.6 Å².